The van der Waals surface area contributed by atoms with Gasteiger partial charge in [-0.3, -0.25) is 0 Å². The Labute approximate surface area is 86.5 Å². The number of aryl methyl sites for hydroxylation is 1. The minimum atomic E-state index is 0.882. The summed E-state index contributed by atoms with van der Waals surface area (Å²) in [6.45, 7) is 4.64. The van der Waals surface area contributed by atoms with Crippen LogP contribution in [0, 0.1) is 5.92 Å². The molecule has 1 nitrogen and oxygen atoms in total. The predicted molar refractivity (Wildman–Crippen MR) is 60.5 cm³/mol. The number of rotatable bonds is 4. The summed E-state index contributed by atoms with van der Waals surface area (Å²) in [5, 5.41) is 3.31. The maximum Gasteiger partial charge on any atom is -0.000506 e. The molecule has 76 valence electrons. The first-order valence-corrected chi connectivity index (χ1v) is 5.67. The summed E-state index contributed by atoms with van der Waals surface area (Å²) in [4.78, 5) is 0. The Bertz CT molecular complexity index is 272. The Morgan fingerprint density at radius 2 is 1.79 bits per heavy atom. The van der Waals surface area contributed by atoms with Crippen LogP contribution in [0.1, 0.15) is 24.5 Å². The van der Waals surface area contributed by atoms with Gasteiger partial charge in [-0.15, -0.1) is 0 Å². The van der Waals surface area contributed by atoms with Crippen LogP contribution >= 0.6 is 0 Å². The molecule has 0 amide bonds. The zero-order chi connectivity index (χ0) is 9.80. The van der Waals surface area contributed by atoms with E-state index < -0.39 is 0 Å². The first kappa shape index (κ1) is 9.72. The van der Waals surface area contributed by atoms with E-state index in [1.54, 1.807) is 0 Å². The van der Waals surface area contributed by atoms with Gasteiger partial charge in [-0.05, 0) is 43.0 Å². The van der Waals surface area contributed by atoms with Gasteiger partial charge in [-0.2, -0.15) is 0 Å². The molecule has 0 aliphatic carbocycles. The minimum Gasteiger partial charge on any atom is -0.316 e. The molecular weight excluding hydrogens is 170 g/mol. The maximum absolute atomic E-state index is 3.31. The standard InChI is InChI=1S/C13H19N/c1-2-3-11-4-6-12(7-5-11)8-13-9-14-10-13/h4-7,13-14H,2-3,8-10H2,1H3. The van der Waals surface area contributed by atoms with Gasteiger partial charge in [-0.1, -0.05) is 37.6 Å². The largest absolute Gasteiger partial charge is 0.316 e. The third kappa shape index (κ3) is 2.36. The Morgan fingerprint density at radius 3 is 2.29 bits per heavy atom. The highest BCUT2D eigenvalue weighted by Gasteiger charge is 2.16. The van der Waals surface area contributed by atoms with Crippen LogP contribution in [-0.4, -0.2) is 13.1 Å². The summed E-state index contributed by atoms with van der Waals surface area (Å²) in [6, 6.07) is 9.16. The fourth-order valence-corrected chi connectivity index (χ4v) is 1.96. The molecule has 0 spiro atoms. The summed E-state index contributed by atoms with van der Waals surface area (Å²) in [5.41, 5.74) is 2.97. The van der Waals surface area contributed by atoms with Gasteiger partial charge in [0.25, 0.3) is 0 Å². The topological polar surface area (TPSA) is 12.0 Å². The van der Waals surface area contributed by atoms with Crippen LogP contribution in [0.4, 0.5) is 0 Å². The van der Waals surface area contributed by atoms with Crippen LogP contribution in [0.3, 0.4) is 0 Å². The number of hydrogen-bond acceptors (Lipinski definition) is 1. The van der Waals surface area contributed by atoms with Crippen molar-refractivity contribution in [3.05, 3.63) is 35.4 Å². The number of benzene rings is 1. The second kappa shape index (κ2) is 4.61. The van der Waals surface area contributed by atoms with Gasteiger partial charge in [-0.25, -0.2) is 0 Å². The molecule has 0 unspecified atom stereocenters. The lowest BCUT2D eigenvalue weighted by Gasteiger charge is -2.27. The highest BCUT2D eigenvalue weighted by molar-refractivity contribution is 5.23. The van der Waals surface area contributed by atoms with E-state index in [0.717, 1.165) is 5.92 Å². The number of hydrogen-bond donors (Lipinski definition) is 1. The molecule has 2 rings (SSSR count). The summed E-state index contributed by atoms with van der Waals surface area (Å²) in [6.07, 6.45) is 3.70. The third-order valence-corrected chi connectivity index (χ3v) is 2.95. The van der Waals surface area contributed by atoms with E-state index in [9.17, 15) is 0 Å². The molecule has 1 saturated heterocycles. The molecular formula is C13H19N. The van der Waals surface area contributed by atoms with Gasteiger partial charge in [0.1, 0.15) is 0 Å². The monoisotopic (exact) mass is 189 g/mol. The fourth-order valence-electron chi connectivity index (χ4n) is 1.96. The Hall–Kier alpha value is -0.820. The first-order valence-electron chi connectivity index (χ1n) is 5.67. The Morgan fingerprint density at radius 1 is 1.14 bits per heavy atom. The van der Waals surface area contributed by atoms with E-state index in [1.165, 1.54) is 43.5 Å². The molecule has 0 radical (unpaired) electrons. The van der Waals surface area contributed by atoms with E-state index in [-0.39, 0.29) is 0 Å². The van der Waals surface area contributed by atoms with Crippen molar-refractivity contribution in [1.82, 2.24) is 5.32 Å². The van der Waals surface area contributed by atoms with Gasteiger partial charge in [0.2, 0.25) is 0 Å². The normalized spacial score (nSPS) is 16.6. The van der Waals surface area contributed by atoms with Crippen molar-refractivity contribution in [2.24, 2.45) is 5.92 Å². The molecule has 1 aromatic rings. The smallest absolute Gasteiger partial charge is 0.000506 e. The quantitative estimate of drug-likeness (QED) is 0.767. The molecule has 14 heavy (non-hydrogen) atoms. The molecule has 1 heterocycles. The van der Waals surface area contributed by atoms with Crippen LogP contribution in [-0.2, 0) is 12.8 Å². The summed E-state index contributed by atoms with van der Waals surface area (Å²) < 4.78 is 0. The highest BCUT2D eigenvalue weighted by atomic mass is 14.9. The predicted octanol–water partition coefficient (Wildman–Crippen LogP) is 2.40. The van der Waals surface area contributed by atoms with Gasteiger partial charge >= 0.3 is 0 Å². The molecule has 0 aromatic heterocycles. The van der Waals surface area contributed by atoms with Crippen molar-refractivity contribution in [2.45, 2.75) is 26.2 Å². The second-order valence-electron chi connectivity index (χ2n) is 4.29. The van der Waals surface area contributed by atoms with E-state index in [2.05, 4.69) is 36.5 Å². The molecule has 0 saturated carbocycles. The molecule has 1 N–H and O–H groups in total. The Balaban J connectivity index is 1.91. The zero-order valence-electron chi connectivity index (χ0n) is 8.92. The van der Waals surface area contributed by atoms with E-state index in [0.29, 0.717) is 0 Å². The van der Waals surface area contributed by atoms with Crippen molar-refractivity contribution in [3.63, 3.8) is 0 Å². The van der Waals surface area contributed by atoms with Crippen LogP contribution in [0.15, 0.2) is 24.3 Å². The van der Waals surface area contributed by atoms with Gasteiger partial charge in [0.05, 0.1) is 0 Å². The lowest BCUT2D eigenvalue weighted by Crippen LogP contribution is -2.43. The maximum atomic E-state index is 3.31. The van der Waals surface area contributed by atoms with E-state index >= 15 is 0 Å². The highest BCUT2D eigenvalue weighted by Crippen LogP contribution is 2.13. The number of nitrogens with one attached hydrogen (secondary N) is 1. The zero-order valence-corrected chi connectivity index (χ0v) is 8.92. The fraction of sp³-hybridized carbons (Fsp3) is 0.538. The molecule has 1 fully saturated rings. The molecule has 1 aliphatic rings. The minimum absolute atomic E-state index is 0.882. The van der Waals surface area contributed by atoms with Crippen LogP contribution in [0.5, 0.6) is 0 Å². The molecule has 0 bridgehead atoms. The van der Waals surface area contributed by atoms with Crippen molar-refractivity contribution < 1.29 is 0 Å². The van der Waals surface area contributed by atoms with Gasteiger partial charge < -0.3 is 5.32 Å². The second-order valence-corrected chi connectivity index (χ2v) is 4.29. The van der Waals surface area contributed by atoms with Crippen LogP contribution in [0.2, 0.25) is 0 Å². The van der Waals surface area contributed by atoms with Gasteiger partial charge in [0.15, 0.2) is 0 Å². The molecule has 1 aliphatic heterocycles. The molecule has 1 aromatic carbocycles. The average molecular weight is 189 g/mol. The Kier molecular flexibility index (Phi) is 3.20. The van der Waals surface area contributed by atoms with E-state index in [4.69, 9.17) is 0 Å². The average Bonchev–Trinajstić information content (AvgIpc) is 2.14. The molecule has 1 heteroatoms. The first-order chi connectivity index (χ1) is 6.88. The summed E-state index contributed by atoms with van der Waals surface area (Å²) in [5.74, 6) is 0.882. The van der Waals surface area contributed by atoms with Crippen molar-refractivity contribution in [3.8, 4) is 0 Å². The van der Waals surface area contributed by atoms with Crippen molar-refractivity contribution >= 4 is 0 Å². The van der Waals surface area contributed by atoms with Crippen molar-refractivity contribution in [2.75, 3.05) is 13.1 Å². The lowest BCUT2D eigenvalue weighted by molar-refractivity contribution is 0.346. The van der Waals surface area contributed by atoms with Crippen LogP contribution in [0.25, 0.3) is 0 Å². The summed E-state index contributed by atoms with van der Waals surface area (Å²) in [7, 11) is 0. The third-order valence-electron chi connectivity index (χ3n) is 2.95. The van der Waals surface area contributed by atoms with E-state index in [1.807, 2.05) is 0 Å². The molecule has 0 atom stereocenters. The van der Waals surface area contributed by atoms with Crippen LogP contribution < -0.4 is 5.32 Å². The van der Waals surface area contributed by atoms with Gasteiger partial charge in [0, 0.05) is 0 Å². The van der Waals surface area contributed by atoms with Crippen molar-refractivity contribution in [1.29, 1.82) is 0 Å². The SMILES string of the molecule is CCCc1ccc(CC2CNC2)cc1. The lowest BCUT2D eigenvalue weighted by atomic mass is 9.94. The summed E-state index contributed by atoms with van der Waals surface area (Å²) >= 11 is 0.